The van der Waals surface area contributed by atoms with Crippen LogP contribution in [0.1, 0.15) is 19.8 Å². The minimum Gasteiger partial charge on any atom is -0.480 e. The Bertz CT molecular complexity index is 701. The number of allylic oxidation sites excluding steroid dienone is 3. The molecule has 25 heavy (non-hydrogen) atoms. The monoisotopic (exact) mass is 366 g/mol. The van der Waals surface area contributed by atoms with Crippen molar-refractivity contribution in [3.63, 3.8) is 0 Å². The van der Waals surface area contributed by atoms with E-state index >= 15 is 0 Å². The molecule has 8 nitrogen and oxygen atoms in total. The van der Waals surface area contributed by atoms with E-state index < -0.39 is 34.7 Å². The van der Waals surface area contributed by atoms with Crippen LogP contribution >= 0.6 is 11.8 Å². The summed E-state index contributed by atoms with van der Waals surface area (Å²) in [6.07, 6.45) is 7.03. The number of thioether (sulfide) groups is 1. The SMILES string of the molecule is CC(=O)N(C1=CCC=CC1)C1C(=O)N2CC(C(=O)O)(C(=O)O)CS[C@H]12. The van der Waals surface area contributed by atoms with Crippen LogP contribution in [0.15, 0.2) is 23.9 Å². The van der Waals surface area contributed by atoms with E-state index in [0.717, 1.165) is 17.5 Å². The summed E-state index contributed by atoms with van der Waals surface area (Å²) in [5, 5.41) is 18.2. The molecule has 0 aromatic heterocycles. The smallest absolute Gasteiger partial charge is 0.323 e. The molecule has 2 atom stereocenters. The van der Waals surface area contributed by atoms with Crippen LogP contribution < -0.4 is 0 Å². The van der Waals surface area contributed by atoms with Gasteiger partial charge >= 0.3 is 11.9 Å². The van der Waals surface area contributed by atoms with Gasteiger partial charge < -0.3 is 20.0 Å². The number of amides is 2. The van der Waals surface area contributed by atoms with Gasteiger partial charge in [-0.15, -0.1) is 11.8 Å². The number of carbonyl (C=O) groups is 4. The molecule has 0 aromatic rings. The van der Waals surface area contributed by atoms with E-state index in [4.69, 9.17) is 0 Å². The van der Waals surface area contributed by atoms with Gasteiger partial charge in [0.15, 0.2) is 5.41 Å². The zero-order valence-electron chi connectivity index (χ0n) is 13.5. The number of carbonyl (C=O) groups excluding carboxylic acids is 2. The number of carboxylic acids is 2. The van der Waals surface area contributed by atoms with Crippen molar-refractivity contribution in [2.75, 3.05) is 12.3 Å². The van der Waals surface area contributed by atoms with Crippen LogP contribution in [-0.2, 0) is 19.2 Å². The molecule has 0 aromatic carbocycles. The number of rotatable bonds is 4. The van der Waals surface area contributed by atoms with E-state index in [1.54, 1.807) is 0 Å². The van der Waals surface area contributed by atoms with Crippen LogP contribution in [0.3, 0.4) is 0 Å². The fraction of sp³-hybridized carbons (Fsp3) is 0.500. The van der Waals surface area contributed by atoms with E-state index in [2.05, 4.69) is 0 Å². The Labute approximate surface area is 148 Å². The zero-order valence-corrected chi connectivity index (χ0v) is 14.4. The first kappa shape index (κ1) is 17.5. The standard InChI is InChI=1S/C16H18N2O6S/c1-9(19)18(10-5-3-2-4-6-10)11-12(20)17-7-16(14(21)22,15(23)24)8-25-13(11)17/h2-3,6,11,13H,4-5,7-8H2,1H3,(H,21,22)(H,23,24)/t11?,13-/m1/s1. The molecule has 2 saturated heterocycles. The lowest BCUT2D eigenvalue weighted by atomic mass is 9.87. The Morgan fingerprint density at radius 1 is 1.28 bits per heavy atom. The molecular formula is C16H18N2O6S. The van der Waals surface area contributed by atoms with Crippen molar-refractivity contribution in [1.29, 1.82) is 0 Å². The minimum atomic E-state index is -2.00. The third-order valence-corrected chi connectivity index (χ3v) is 6.30. The van der Waals surface area contributed by atoms with Crippen molar-refractivity contribution in [3.05, 3.63) is 23.9 Å². The second-order valence-corrected chi connectivity index (χ2v) is 7.41. The molecule has 0 spiro atoms. The van der Waals surface area contributed by atoms with Crippen molar-refractivity contribution < 1.29 is 29.4 Å². The molecule has 0 bridgehead atoms. The van der Waals surface area contributed by atoms with Crippen molar-refractivity contribution in [1.82, 2.24) is 9.80 Å². The molecule has 3 aliphatic rings. The van der Waals surface area contributed by atoms with Crippen LogP contribution in [0.25, 0.3) is 0 Å². The molecule has 0 radical (unpaired) electrons. The second kappa shape index (κ2) is 6.21. The highest BCUT2D eigenvalue weighted by molar-refractivity contribution is 8.00. The maximum absolute atomic E-state index is 12.6. The minimum absolute atomic E-state index is 0.146. The third kappa shape index (κ3) is 2.62. The average Bonchev–Trinajstić information content (AvgIpc) is 2.58. The van der Waals surface area contributed by atoms with Gasteiger partial charge in [-0.3, -0.25) is 19.2 Å². The average molecular weight is 366 g/mol. The first-order chi connectivity index (χ1) is 11.8. The van der Waals surface area contributed by atoms with E-state index in [0.29, 0.717) is 12.8 Å². The highest BCUT2D eigenvalue weighted by Crippen LogP contribution is 2.45. The molecule has 9 heteroatoms. The van der Waals surface area contributed by atoms with Crippen molar-refractivity contribution in [2.24, 2.45) is 5.41 Å². The van der Waals surface area contributed by atoms with Crippen molar-refractivity contribution in [3.8, 4) is 0 Å². The predicted molar refractivity (Wildman–Crippen MR) is 88.4 cm³/mol. The van der Waals surface area contributed by atoms with Crippen LogP contribution in [-0.4, -0.2) is 67.5 Å². The molecule has 1 unspecified atom stereocenters. The van der Waals surface area contributed by atoms with E-state index in [9.17, 15) is 29.4 Å². The molecule has 1 aliphatic carbocycles. The molecule has 2 aliphatic heterocycles. The van der Waals surface area contributed by atoms with E-state index in [1.807, 2.05) is 18.2 Å². The number of carboxylic acid groups (broad SMARTS) is 2. The maximum Gasteiger partial charge on any atom is 0.323 e. The normalized spacial score (nSPS) is 27.0. The molecule has 2 fully saturated rings. The summed E-state index contributed by atoms with van der Waals surface area (Å²) >= 11 is 1.10. The maximum atomic E-state index is 12.6. The Kier molecular flexibility index (Phi) is 4.36. The lowest BCUT2D eigenvalue weighted by molar-refractivity contribution is -0.172. The van der Waals surface area contributed by atoms with Gasteiger partial charge in [0, 0.05) is 31.3 Å². The van der Waals surface area contributed by atoms with Gasteiger partial charge in [-0.05, 0) is 6.42 Å². The van der Waals surface area contributed by atoms with Crippen LogP contribution in [0.4, 0.5) is 0 Å². The highest BCUT2D eigenvalue weighted by atomic mass is 32.2. The zero-order chi connectivity index (χ0) is 18.4. The molecule has 134 valence electrons. The van der Waals surface area contributed by atoms with Gasteiger partial charge in [0.2, 0.25) is 11.8 Å². The molecular weight excluding hydrogens is 348 g/mol. The second-order valence-electron chi connectivity index (χ2n) is 6.30. The highest BCUT2D eigenvalue weighted by Gasteiger charge is 2.62. The predicted octanol–water partition coefficient (Wildman–Crippen LogP) is 0.508. The number of fused-ring (bicyclic) bond motifs is 1. The topological polar surface area (TPSA) is 115 Å². The summed E-state index contributed by atoms with van der Waals surface area (Å²) in [5.74, 6) is -3.72. The number of β-lactam (4-membered cyclic amide) rings is 1. The first-order valence-electron chi connectivity index (χ1n) is 7.82. The molecule has 0 saturated carbocycles. The Balaban J connectivity index is 1.83. The summed E-state index contributed by atoms with van der Waals surface area (Å²) in [6, 6.07) is -0.708. The van der Waals surface area contributed by atoms with Gasteiger partial charge in [0.25, 0.3) is 0 Å². The van der Waals surface area contributed by atoms with Crippen LogP contribution in [0.5, 0.6) is 0 Å². The number of aliphatic carboxylic acids is 2. The summed E-state index contributed by atoms with van der Waals surface area (Å²) < 4.78 is 0. The molecule has 2 amide bonds. The summed E-state index contributed by atoms with van der Waals surface area (Å²) in [5.41, 5.74) is -1.25. The molecule has 2 N–H and O–H groups in total. The van der Waals surface area contributed by atoms with Gasteiger partial charge in [-0.25, -0.2) is 0 Å². The summed E-state index contributed by atoms with van der Waals surface area (Å²) in [4.78, 5) is 50.4. The molecule has 3 rings (SSSR count). The van der Waals surface area contributed by atoms with E-state index in [1.165, 1.54) is 16.7 Å². The Morgan fingerprint density at radius 2 is 1.96 bits per heavy atom. The fourth-order valence-corrected chi connectivity index (χ4v) is 4.94. The van der Waals surface area contributed by atoms with Gasteiger partial charge in [0.1, 0.15) is 11.4 Å². The quantitative estimate of drug-likeness (QED) is 0.423. The Hall–Kier alpha value is -2.29. The fourth-order valence-electron chi connectivity index (χ4n) is 3.37. The van der Waals surface area contributed by atoms with Crippen molar-refractivity contribution in [2.45, 2.75) is 31.2 Å². The summed E-state index contributed by atoms with van der Waals surface area (Å²) in [6.45, 7) is 1.01. The lowest BCUT2D eigenvalue weighted by Crippen LogP contribution is -2.74. The van der Waals surface area contributed by atoms with Crippen LogP contribution in [0, 0.1) is 5.41 Å². The third-order valence-electron chi connectivity index (χ3n) is 4.78. The van der Waals surface area contributed by atoms with E-state index in [-0.39, 0.29) is 18.2 Å². The van der Waals surface area contributed by atoms with Gasteiger partial charge in [0.05, 0.1) is 0 Å². The van der Waals surface area contributed by atoms with Gasteiger partial charge in [-0.2, -0.15) is 0 Å². The molecule has 2 heterocycles. The summed E-state index contributed by atoms with van der Waals surface area (Å²) in [7, 11) is 0. The number of hydrogen-bond acceptors (Lipinski definition) is 5. The van der Waals surface area contributed by atoms with Crippen LogP contribution in [0.2, 0.25) is 0 Å². The van der Waals surface area contributed by atoms with Gasteiger partial charge in [-0.1, -0.05) is 18.2 Å². The number of hydrogen-bond donors (Lipinski definition) is 2. The first-order valence-corrected chi connectivity index (χ1v) is 8.87. The lowest BCUT2D eigenvalue weighted by Gasteiger charge is -2.55. The Morgan fingerprint density at radius 3 is 2.48 bits per heavy atom. The number of nitrogens with zero attached hydrogens (tertiary/aromatic N) is 2. The largest absolute Gasteiger partial charge is 0.480 e. The van der Waals surface area contributed by atoms with Crippen molar-refractivity contribution >= 4 is 35.5 Å².